The quantitative estimate of drug-likeness (QED) is 0.613. The standard InChI is InChI=1S/C12H14N2O2/c1-3-15-9-6-4-5-8-7(2)10(12(13)14)16-11(8)9/h4-6H,3H2,1-2H3,(H3,13,14). The zero-order valence-corrected chi connectivity index (χ0v) is 9.33. The first kappa shape index (κ1) is 10.5. The maximum Gasteiger partial charge on any atom is 0.177 e. The number of amidine groups is 1. The maximum absolute atomic E-state index is 7.42. The third-order valence-electron chi connectivity index (χ3n) is 2.47. The molecule has 0 unspecified atom stereocenters. The summed E-state index contributed by atoms with van der Waals surface area (Å²) in [5.41, 5.74) is 6.99. The van der Waals surface area contributed by atoms with E-state index >= 15 is 0 Å². The molecule has 0 radical (unpaired) electrons. The smallest absolute Gasteiger partial charge is 0.177 e. The van der Waals surface area contributed by atoms with Crippen molar-refractivity contribution in [3.8, 4) is 5.75 Å². The zero-order chi connectivity index (χ0) is 11.7. The van der Waals surface area contributed by atoms with Crippen molar-refractivity contribution in [2.45, 2.75) is 13.8 Å². The minimum Gasteiger partial charge on any atom is -0.490 e. The van der Waals surface area contributed by atoms with Crippen LogP contribution in [0.4, 0.5) is 0 Å². The third-order valence-corrected chi connectivity index (χ3v) is 2.47. The molecule has 0 atom stereocenters. The highest BCUT2D eigenvalue weighted by Crippen LogP contribution is 2.32. The van der Waals surface area contributed by atoms with Crippen molar-refractivity contribution in [1.82, 2.24) is 0 Å². The molecule has 2 aromatic rings. The molecule has 0 saturated heterocycles. The lowest BCUT2D eigenvalue weighted by Crippen LogP contribution is -2.10. The molecule has 0 amide bonds. The largest absolute Gasteiger partial charge is 0.490 e. The molecule has 84 valence electrons. The van der Waals surface area contributed by atoms with Gasteiger partial charge in [0.15, 0.2) is 22.9 Å². The number of aryl methyl sites for hydroxylation is 1. The van der Waals surface area contributed by atoms with Crippen molar-refractivity contribution in [2.24, 2.45) is 5.73 Å². The molecule has 0 saturated carbocycles. The predicted molar refractivity (Wildman–Crippen MR) is 63.1 cm³/mol. The van der Waals surface area contributed by atoms with Gasteiger partial charge in [0, 0.05) is 10.9 Å². The number of hydrogen-bond acceptors (Lipinski definition) is 3. The number of hydrogen-bond donors (Lipinski definition) is 2. The van der Waals surface area contributed by atoms with Crippen LogP contribution in [0.2, 0.25) is 0 Å². The molecule has 2 rings (SSSR count). The highest BCUT2D eigenvalue weighted by Gasteiger charge is 2.15. The molecule has 0 spiro atoms. The number of nitrogen functional groups attached to an aromatic ring is 1. The fourth-order valence-corrected chi connectivity index (χ4v) is 1.74. The van der Waals surface area contributed by atoms with Gasteiger partial charge in [0.1, 0.15) is 0 Å². The van der Waals surface area contributed by atoms with E-state index in [2.05, 4.69) is 0 Å². The van der Waals surface area contributed by atoms with E-state index in [1.807, 2.05) is 32.0 Å². The van der Waals surface area contributed by atoms with Gasteiger partial charge in [0.2, 0.25) is 0 Å². The van der Waals surface area contributed by atoms with Gasteiger partial charge in [-0.3, -0.25) is 5.41 Å². The summed E-state index contributed by atoms with van der Waals surface area (Å²) >= 11 is 0. The van der Waals surface area contributed by atoms with Gasteiger partial charge in [-0.2, -0.15) is 0 Å². The van der Waals surface area contributed by atoms with Crippen molar-refractivity contribution in [1.29, 1.82) is 5.41 Å². The second kappa shape index (κ2) is 3.89. The lowest BCUT2D eigenvalue weighted by Gasteiger charge is -2.02. The van der Waals surface area contributed by atoms with E-state index in [9.17, 15) is 0 Å². The Morgan fingerprint density at radius 3 is 2.88 bits per heavy atom. The van der Waals surface area contributed by atoms with Crippen LogP contribution in [0.3, 0.4) is 0 Å². The molecule has 0 fully saturated rings. The summed E-state index contributed by atoms with van der Waals surface area (Å²) in [7, 11) is 0. The van der Waals surface area contributed by atoms with Crippen LogP contribution in [0.25, 0.3) is 11.0 Å². The molecule has 3 N–H and O–H groups in total. The van der Waals surface area contributed by atoms with E-state index in [0.29, 0.717) is 23.7 Å². The number of ether oxygens (including phenoxy) is 1. The first-order valence-corrected chi connectivity index (χ1v) is 5.14. The van der Waals surface area contributed by atoms with Gasteiger partial charge in [-0.15, -0.1) is 0 Å². The van der Waals surface area contributed by atoms with Gasteiger partial charge < -0.3 is 14.9 Å². The highest BCUT2D eigenvalue weighted by atomic mass is 16.5. The van der Waals surface area contributed by atoms with Crippen molar-refractivity contribution in [2.75, 3.05) is 6.61 Å². The van der Waals surface area contributed by atoms with Crippen LogP contribution in [-0.2, 0) is 0 Å². The van der Waals surface area contributed by atoms with Crippen molar-refractivity contribution < 1.29 is 9.15 Å². The number of furan rings is 1. The minimum absolute atomic E-state index is 0.0591. The summed E-state index contributed by atoms with van der Waals surface area (Å²) in [6, 6.07) is 5.68. The molecule has 1 aromatic carbocycles. The zero-order valence-electron chi connectivity index (χ0n) is 9.33. The molecule has 0 aliphatic rings. The number of nitrogens with one attached hydrogen (secondary N) is 1. The molecule has 4 heteroatoms. The summed E-state index contributed by atoms with van der Waals surface area (Å²) in [5, 5.41) is 8.37. The van der Waals surface area contributed by atoms with Gasteiger partial charge in [-0.1, -0.05) is 12.1 Å². The Hall–Kier alpha value is -1.97. The van der Waals surface area contributed by atoms with Crippen LogP contribution in [-0.4, -0.2) is 12.4 Å². The number of para-hydroxylation sites is 1. The summed E-state index contributed by atoms with van der Waals surface area (Å²) in [6.07, 6.45) is 0. The van der Waals surface area contributed by atoms with E-state index in [4.69, 9.17) is 20.3 Å². The molecule has 1 aromatic heterocycles. The van der Waals surface area contributed by atoms with E-state index in [0.717, 1.165) is 10.9 Å². The third kappa shape index (κ3) is 1.52. The topological polar surface area (TPSA) is 72.2 Å². The van der Waals surface area contributed by atoms with Crippen LogP contribution >= 0.6 is 0 Å². The van der Waals surface area contributed by atoms with Gasteiger partial charge in [0.25, 0.3) is 0 Å². The number of fused-ring (bicyclic) bond motifs is 1. The Labute approximate surface area is 93.5 Å². The fraction of sp³-hybridized carbons (Fsp3) is 0.250. The number of rotatable bonds is 3. The van der Waals surface area contributed by atoms with E-state index < -0.39 is 0 Å². The number of benzene rings is 1. The summed E-state index contributed by atoms with van der Waals surface area (Å²) < 4.78 is 11.0. The van der Waals surface area contributed by atoms with E-state index in [1.165, 1.54) is 0 Å². The highest BCUT2D eigenvalue weighted by molar-refractivity contribution is 6.00. The van der Waals surface area contributed by atoms with Crippen molar-refractivity contribution in [3.05, 3.63) is 29.5 Å². The Bertz CT molecular complexity index is 543. The van der Waals surface area contributed by atoms with Gasteiger partial charge in [-0.25, -0.2) is 0 Å². The molecule has 0 bridgehead atoms. The SMILES string of the molecule is CCOc1cccc2c(C)c(C(=N)N)oc12. The second-order valence-electron chi connectivity index (χ2n) is 3.54. The summed E-state index contributed by atoms with van der Waals surface area (Å²) in [6.45, 7) is 4.38. The first-order chi connectivity index (χ1) is 7.65. The molecule has 0 aliphatic heterocycles. The van der Waals surface area contributed by atoms with Gasteiger partial charge in [0.05, 0.1) is 6.61 Å². The van der Waals surface area contributed by atoms with Crippen LogP contribution in [0.1, 0.15) is 18.2 Å². The van der Waals surface area contributed by atoms with Crippen molar-refractivity contribution >= 4 is 16.8 Å². The normalized spacial score (nSPS) is 10.6. The number of nitrogens with two attached hydrogens (primary N) is 1. The van der Waals surface area contributed by atoms with Crippen LogP contribution in [0.5, 0.6) is 5.75 Å². The second-order valence-corrected chi connectivity index (χ2v) is 3.54. The Morgan fingerprint density at radius 1 is 1.50 bits per heavy atom. The maximum atomic E-state index is 7.42. The summed E-state index contributed by atoms with van der Waals surface area (Å²) in [5.74, 6) is 1.05. The fourth-order valence-electron chi connectivity index (χ4n) is 1.74. The van der Waals surface area contributed by atoms with Crippen molar-refractivity contribution in [3.63, 3.8) is 0 Å². The van der Waals surface area contributed by atoms with Crippen LogP contribution < -0.4 is 10.5 Å². The Morgan fingerprint density at radius 2 is 2.25 bits per heavy atom. The average molecular weight is 218 g/mol. The Kier molecular flexibility index (Phi) is 2.56. The van der Waals surface area contributed by atoms with Gasteiger partial charge >= 0.3 is 0 Å². The predicted octanol–water partition coefficient (Wildman–Crippen LogP) is 2.42. The average Bonchev–Trinajstić information content (AvgIpc) is 2.58. The lowest BCUT2D eigenvalue weighted by atomic mass is 10.1. The minimum atomic E-state index is -0.0591. The molecule has 0 aliphatic carbocycles. The molecule has 1 heterocycles. The Balaban J connectivity index is 2.70. The lowest BCUT2D eigenvalue weighted by molar-refractivity contribution is 0.338. The molecular weight excluding hydrogens is 204 g/mol. The van der Waals surface area contributed by atoms with Gasteiger partial charge in [-0.05, 0) is 19.9 Å². The summed E-state index contributed by atoms with van der Waals surface area (Å²) in [4.78, 5) is 0. The monoisotopic (exact) mass is 218 g/mol. The molecule has 16 heavy (non-hydrogen) atoms. The van der Waals surface area contributed by atoms with Crippen LogP contribution in [0.15, 0.2) is 22.6 Å². The molecule has 4 nitrogen and oxygen atoms in total. The van der Waals surface area contributed by atoms with E-state index in [-0.39, 0.29) is 5.84 Å². The van der Waals surface area contributed by atoms with E-state index in [1.54, 1.807) is 0 Å². The van der Waals surface area contributed by atoms with Crippen LogP contribution in [0, 0.1) is 12.3 Å². The first-order valence-electron chi connectivity index (χ1n) is 5.14. The molecular formula is C12H14N2O2.